The van der Waals surface area contributed by atoms with Crippen LogP contribution in [-0.4, -0.2) is 27.3 Å². The van der Waals surface area contributed by atoms with E-state index in [1.165, 1.54) is 18.1 Å². The van der Waals surface area contributed by atoms with Gasteiger partial charge in [0.05, 0.1) is 0 Å². The maximum atomic E-state index is 11.8. The molecule has 2 aromatic heterocycles. The molecule has 3 heterocycles. The summed E-state index contributed by atoms with van der Waals surface area (Å²) in [5.74, 6) is -0.185. The molecule has 1 aliphatic heterocycles. The van der Waals surface area contributed by atoms with Crippen molar-refractivity contribution in [1.82, 2.24) is 9.97 Å². The highest BCUT2D eigenvalue weighted by Crippen LogP contribution is 2.37. The summed E-state index contributed by atoms with van der Waals surface area (Å²) < 4.78 is 11.0. The second-order valence-electron chi connectivity index (χ2n) is 5.04. The molecular weight excluding hydrogens is 288 g/mol. The molecule has 0 spiro atoms. The van der Waals surface area contributed by atoms with Gasteiger partial charge < -0.3 is 9.15 Å². The van der Waals surface area contributed by atoms with Crippen molar-refractivity contribution in [2.24, 2.45) is 0 Å². The van der Waals surface area contributed by atoms with E-state index in [4.69, 9.17) is 9.15 Å². The first-order chi connectivity index (χ1) is 10.2. The van der Waals surface area contributed by atoms with Crippen LogP contribution in [-0.2, 0) is 9.53 Å². The van der Waals surface area contributed by atoms with Crippen molar-refractivity contribution in [3.8, 4) is 0 Å². The van der Waals surface area contributed by atoms with Gasteiger partial charge in [0.1, 0.15) is 33.8 Å². The molecule has 0 N–H and O–H groups in total. The Kier molecular flexibility index (Phi) is 2.85. The van der Waals surface area contributed by atoms with Crippen LogP contribution in [0.1, 0.15) is 13.3 Å². The SMILES string of the molecule is C[C@@H]1C[C@@H](Sc2ncnc3c2oc2ccccc23)C(=O)O1. The molecule has 0 bridgehead atoms. The van der Waals surface area contributed by atoms with Crippen LogP contribution >= 0.6 is 11.8 Å². The maximum absolute atomic E-state index is 11.8. The molecule has 0 amide bonds. The summed E-state index contributed by atoms with van der Waals surface area (Å²) in [5.41, 5.74) is 2.19. The Bertz CT molecular complexity index is 845. The van der Waals surface area contributed by atoms with Crippen molar-refractivity contribution in [2.75, 3.05) is 0 Å². The summed E-state index contributed by atoms with van der Waals surface area (Å²) in [5, 5.41) is 1.41. The third kappa shape index (κ3) is 2.06. The zero-order valence-corrected chi connectivity index (χ0v) is 12.1. The van der Waals surface area contributed by atoms with E-state index in [0.717, 1.165) is 16.5 Å². The molecule has 0 unspecified atom stereocenters. The lowest BCUT2D eigenvalue weighted by molar-refractivity contribution is -0.140. The number of hydrogen-bond donors (Lipinski definition) is 0. The highest BCUT2D eigenvalue weighted by atomic mass is 32.2. The summed E-state index contributed by atoms with van der Waals surface area (Å²) in [6, 6.07) is 7.73. The van der Waals surface area contributed by atoms with Gasteiger partial charge in [0.25, 0.3) is 0 Å². The molecule has 0 radical (unpaired) electrons. The summed E-state index contributed by atoms with van der Waals surface area (Å²) in [4.78, 5) is 20.4. The first kappa shape index (κ1) is 12.6. The van der Waals surface area contributed by atoms with Crippen LogP contribution < -0.4 is 0 Å². The Morgan fingerprint density at radius 3 is 2.95 bits per heavy atom. The monoisotopic (exact) mass is 300 g/mol. The fourth-order valence-corrected chi connectivity index (χ4v) is 3.68. The van der Waals surface area contributed by atoms with E-state index >= 15 is 0 Å². The van der Waals surface area contributed by atoms with Gasteiger partial charge in [0.15, 0.2) is 5.58 Å². The van der Waals surface area contributed by atoms with Crippen LogP contribution in [0.25, 0.3) is 22.1 Å². The molecule has 1 aromatic carbocycles. The number of rotatable bonds is 2. The van der Waals surface area contributed by atoms with E-state index in [0.29, 0.717) is 17.0 Å². The van der Waals surface area contributed by atoms with Crippen LogP contribution in [0.15, 0.2) is 40.0 Å². The zero-order chi connectivity index (χ0) is 14.4. The molecule has 21 heavy (non-hydrogen) atoms. The van der Waals surface area contributed by atoms with Crippen LogP contribution in [0.2, 0.25) is 0 Å². The van der Waals surface area contributed by atoms with Crippen molar-refractivity contribution in [1.29, 1.82) is 0 Å². The van der Waals surface area contributed by atoms with Gasteiger partial charge in [-0.1, -0.05) is 23.9 Å². The number of esters is 1. The number of benzene rings is 1. The van der Waals surface area contributed by atoms with E-state index in [1.807, 2.05) is 31.2 Å². The lowest BCUT2D eigenvalue weighted by Crippen LogP contribution is -2.09. The van der Waals surface area contributed by atoms with Crippen molar-refractivity contribution in [3.63, 3.8) is 0 Å². The van der Waals surface area contributed by atoms with E-state index in [2.05, 4.69) is 9.97 Å². The molecule has 0 aliphatic carbocycles. The summed E-state index contributed by atoms with van der Waals surface area (Å²) in [6.07, 6.45) is 2.16. The quantitative estimate of drug-likeness (QED) is 0.535. The Labute approximate surface area is 124 Å². The van der Waals surface area contributed by atoms with Crippen LogP contribution in [0.5, 0.6) is 0 Å². The van der Waals surface area contributed by atoms with Gasteiger partial charge in [-0.3, -0.25) is 4.79 Å². The molecule has 0 saturated carbocycles. The molecule has 4 rings (SSSR count). The molecular formula is C15H12N2O3S. The number of hydrogen-bond acceptors (Lipinski definition) is 6. The fraction of sp³-hybridized carbons (Fsp3) is 0.267. The number of ether oxygens (including phenoxy) is 1. The number of para-hydroxylation sites is 1. The third-order valence-corrected chi connectivity index (χ3v) is 4.69. The maximum Gasteiger partial charge on any atom is 0.319 e. The highest BCUT2D eigenvalue weighted by molar-refractivity contribution is 8.00. The van der Waals surface area contributed by atoms with E-state index < -0.39 is 0 Å². The topological polar surface area (TPSA) is 65.2 Å². The van der Waals surface area contributed by atoms with Crippen molar-refractivity contribution in [2.45, 2.75) is 29.7 Å². The van der Waals surface area contributed by atoms with Crippen LogP contribution in [0.3, 0.4) is 0 Å². The Morgan fingerprint density at radius 1 is 1.29 bits per heavy atom. The number of fused-ring (bicyclic) bond motifs is 3. The minimum absolute atomic E-state index is 0.0389. The van der Waals surface area contributed by atoms with Crippen LogP contribution in [0.4, 0.5) is 0 Å². The minimum Gasteiger partial charge on any atom is -0.462 e. The Morgan fingerprint density at radius 2 is 2.14 bits per heavy atom. The molecule has 1 aliphatic rings. The van der Waals surface area contributed by atoms with Crippen molar-refractivity contribution >= 4 is 39.8 Å². The lowest BCUT2D eigenvalue weighted by atomic mass is 10.2. The second-order valence-corrected chi connectivity index (χ2v) is 6.24. The third-order valence-electron chi connectivity index (χ3n) is 3.51. The Balaban J connectivity index is 1.80. The average Bonchev–Trinajstić information content (AvgIpc) is 3.00. The summed E-state index contributed by atoms with van der Waals surface area (Å²) in [7, 11) is 0. The molecule has 6 heteroatoms. The smallest absolute Gasteiger partial charge is 0.319 e. The Hall–Kier alpha value is -2.08. The van der Waals surface area contributed by atoms with Crippen molar-refractivity contribution < 1.29 is 13.9 Å². The first-order valence-electron chi connectivity index (χ1n) is 6.72. The lowest BCUT2D eigenvalue weighted by Gasteiger charge is -2.04. The zero-order valence-electron chi connectivity index (χ0n) is 11.3. The number of carbonyl (C=O) groups excluding carboxylic acids is 1. The summed E-state index contributed by atoms with van der Waals surface area (Å²) in [6.45, 7) is 1.90. The standard InChI is InChI=1S/C15H12N2O3S/c1-8-6-11(15(18)19-8)21-14-13-12(16-7-17-14)9-4-2-3-5-10(9)20-13/h2-5,7-8,11H,6H2,1H3/t8-,11-/m1/s1. The molecule has 2 atom stereocenters. The fourth-order valence-electron chi connectivity index (χ4n) is 2.54. The molecule has 1 saturated heterocycles. The number of furan rings is 1. The molecule has 3 aromatic rings. The van der Waals surface area contributed by atoms with Crippen molar-refractivity contribution in [3.05, 3.63) is 30.6 Å². The van der Waals surface area contributed by atoms with E-state index in [9.17, 15) is 4.79 Å². The largest absolute Gasteiger partial charge is 0.462 e. The predicted molar refractivity (Wildman–Crippen MR) is 79.1 cm³/mol. The molecule has 5 nitrogen and oxygen atoms in total. The highest BCUT2D eigenvalue weighted by Gasteiger charge is 2.33. The van der Waals surface area contributed by atoms with Gasteiger partial charge in [-0.2, -0.15) is 0 Å². The minimum atomic E-state index is -0.230. The van der Waals surface area contributed by atoms with Crippen LogP contribution in [0, 0.1) is 0 Å². The van der Waals surface area contributed by atoms with Gasteiger partial charge in [0.2, 0.25) is 0 Å². The average molecular weight is 300 g/mol. The van der Waals surface area contributed by atoms with E-state index in [1.54, 1.807) is 0 Å². The molecule has 106 valence electrons. The number of thioether (sulfide) groups is 1. The first-order valence-corrected chi connectivity index (χ1v) is 7.60. The van der Waals surface area contributed by atoms with Gasteiger partial charge in [-0.25, -0.2) is 9.97 Å². The second kappa shape index (κ2) is 4.73. The van der Waals surface area contributed by atoms with Gasteiger partial charge in [-0.05, 0) is 19.1 Å². The number of carbonyl (C=O) groups is 1. The molecule has 1 fully saturated rings. The van der Waals surface area contributed by atoms with Gasteiger partial charge in [-0.15, -0.1) is 0 Å². The number of nitrogens with zero attached hydrogens (tertiary/aromatic N) is 2. The van der Waals surface area contributed by atoms with Gasteiger partial charge >= 0.3 is 5.97 Å². The number of cyclic esters (lactones) is 1. The summed E-state index contributed by atoms with van der Waals surface area (Å²) >= 11 is 1.39. The predicted octanol–water partition coefficient (Wildman–Crippen LogP) is 3.17. The normalized spacial score (nSPS) is 22.0. The van der Waals surface area contributed by atoms with E-state index in [-0.39, 0.29) is 17.3 Å². The number of aromatic nitrogens is 2. The van der Waals surface area contributed by atoms with Gasteiger partial charge in [0, 0.05) is 11.8 Å².